The van der Waals surface area contributed by atoms with Gasteiger partial charge in [0.25, 0.3) is 0 Å². The molecule has 1 saturated heterocycles. The van der Waals surface area contributed by atoms with Crippen molar-refractivity contribution in [3.63, 3.8) is 0 Å². The van der Waals surface area contributed by atoms with E-state index in [1.807, 2.05) is 18.2 Å². The molecule has 0 amide bonds. The quantitative estimate of drug-likeness (QED) is 0.153. The fourth-order valence-corrected chi connectivity index (χ4v) is 5.16. The molecule has 0 bridgehead atoms. The molecular formula is C32H37F5O3. The monoisotopic (exact) mass is 564 g/mol. The zero-order valence-electron chi connectivity index (χ0n) is 22.9. The summed E-state index contributed by atoms with van der Waals surface area (Å²) >= 11 is 0. The van der Waals surface area contributed by atoms with Crippen molar-refractivity contribution in [2.24, 2.45) is 5.92 Å². The summed E-state index contributed by atoms with van der Waals surface area (Å²) in [5.74, 6) is -1.87. The Morgan fingerprint density at radius 1 is 0.800 bits per heavy atom. The van der Waals surface area contributed by atoms with Crippen LogP contribution in [0.4, 0.5) is 22.0 Å². The number of benzene rings is 3. The molecule has 3 nitrogen and oxygen atoms in total. The number of alkyl halides is 3. The number of hydrogen-bond donors (Lipinski definition) is 0. The van der Waals surface area contributed by atoms with Crippen LogP contribution in [0.2, 0.25) is 0 Å². The highest BCUT2D eigenvalue weighted by Crippen LogP contribution is 2.28. The standard InChI is InChI=1S/C32H37F5O3/c1-2-3-4-5-6-7-24-20-38-30(39-21-24)17-11-22-9-15-27-26(18-22)14-13-25(31(27)34)12-8-23-10-16-29(28(33)19-23)40-32(35,36)37/h9-10,13-16,18-19,24,30H,2-8,11-12,17,20-21H2,1H3. The van der Waals surface area contributed by atoms with E-state index >= 15 is 4.39 Å². The molecule has 1 aliphatic rings. The molecular weight excluding hydrogens is 527 g/mol. The van der Waals surface area contributed by atoms with E-state index in [0.717, 1.165) is 55.6 Å². The Kier molecular flexibility index (Phi) is 10.8. The maximum Gasteiger partial charge on any atom is 0.573 e. The number of rotatable bonds is 13. The van der Waals surface area contributed by atoms with Crippen molar-refractivity contribution in [3.8, 4) is 5.75 Å². The summed E-state index contributed by atoms with van der Waals surface area (Å²) in [6.07, 6.45) is 4.35. The van der Waals surface area contributed by atoms with Gasteiger partial charge in [0.15, 0.2) is 17.9 Å². The Morgan fingerprint density at radius 3 is 2.25 bits per heavy atom. The van der Waals surface area contributed by atoms with Crippen molar-refractivity contribution in [2.75, 3.05) is 13.2 Å². The molecule has 8 heteroatoms. The van der Waals surface area contributed by atoms with Crippen molar-refractivity contribution in [1.29, 1.82) is 0 Å². The van der Waals surface area contributed by atoms with E-state index in [9.17, 15) is 17.6 Å². The van der Waals surface area contributed by atoms with Gasteiger partial charge < -0.3 is 14.2 Å². The van der Waals surface area contributed by atoms with Crippen LogP contribution in [0, 0.1) is 17.6 Å². The molecule has 0 atom stereocenters. The topological polar surface area (TPSA) is 27.7 Å². The normalized spacial score (nSPS) is 17.9. The average Bonchev–Trinajstić information content (AvgIpc) is 2.93. The summed E-state index contributed by atoms with van der Waals surface area (Å²) in [7, 11) is 0. The van der Waals surface area contributed by atoms with Crippen molar-refractivity contribution >= 4 is 10.8 Å². The number of hydrogen-bond acceptors (Lipinski definition) is 3. The lowest BCUT2D eigenvalue weighted by Crippen LogP contribution is -2.32. The van der Waals surface area contributed by atoms with Crippen LogP contribution in [0.5, 0.6) is 5.75 Å². The smallest absolute Gasteiger partial charge is 0.403 e. The first-order valence-electron chi connectivity index (χ1n) is 14.2. The predicted molar refractivity (Wildman–Crippen MR) is 145 cm³/mol. The molecule has 0 aliphatic carbocycles. The Balaban J connectivity index is 1.26. The lowest BCUT2D eigenvalue weighted by Gasteiger charge is -2.29. The van der Waals surface area contributed by atoms with Crippen LogP contribution in [0.15, 0.2) is 48.5 Å². The second-order valence-electron chi connectivity index (χ2n) is 10.6. The van der Waals surface area contributed by atoms with Gasteiger partial charge in [-0.1, -0.05) is 75.4 Å². The second kappa shape index (κ2) is 14.3. The molecule has 0 N–H and O–H groups in total. The van der Waals surface area contributed by atoms with Gasteiger partial charge in [-0.2, -0.15) is 0 Å². The van der Waals surface area contributed by atoms with Crippen molar-refractivity contribution in [3.05, 3.63) is 76.9 Å². The van der Waals surface area contributed by atoms with Crippen LogP contribution in [0.25, 0.3) is 10.8 Å². The molecule has 1 fully saturated rings. The van der Waals surface area contributed by atoms with Crippen LogP contribution < -0.4 is 4.74 Å². The van der Waals surface area contributed by atoms with Gasteiger partial charge in [-0.15, -0.1) is 13.2 Å². The minimum Gasteiger partial charge on any atom is -0.403 e. The van der Waals surface area contributed by atoms with E-state index < -0.39 is 17.9 Å². The van der Waals surface area contributed by atoms with E-state index in [-0.39, 0.29) is 24.9 Å². The summed E-state index contributed by atoms with van der Waals surface area (Å²) in [5, 5.41) is 1.28. The van der Waals surface area contributed by atoms with E-state index in [1.165, 1.54) is 38.2 Å². The van der Waals surface area contributed by atoms with Crippen molar-refractivity contribution in [2.45, 2.75) is 83.8 Å². The summed E-state index contributed by atoms with van der Waals surface area (Å²) in [6, 6.07) is 12.5. The van der Waals surface area contributed by atoms with Gasteiger partial charge in [-0.3, -0.25) is 0 Å². The molecule has 4 rings (SSSR count). The number of fused-ring (bicyclic) bond motifs is 1. The molecule has 1 heterocycles. The van der Waals surface area contributed by atoms with E-state index in [0.29, 0.717) is 22.4 Å². The minimum atomic E-state index is -4.97. The highest BCUT2D eigenvalue weighted by molar-refractivity contribution is 5.84. The third kappa shape index (κ3) is 8.90. The van der Waals surface area contributed by atoms with Crippen LogP contribution in [0.3, 0.4) is 0 Å². The summed E-state index contributed by atoms with van der Waals surface area (Å²) in [4.78, 5) is 0. The molecule has 0 spiro atoms. The Bertz CT molecular complexity index is 1240. The summed E-state index contributed by atoms with van der Waals surface area (Å²) in [5.41, 5.74) is 1.98. The minimum absolute atomic E-state index is 0.218. The van der Waals surface area contributed by atoms with Crippen LogP contribution >= 0.6 is 0 Å². The Morgan fingerprint density at radius 2 is 1.52 bits per heavy atom. The lowest BCUT2D eigenvalue weighted by molar-refractivity contribution is -0.275. The molecule has 218 valence electrons. The van der Waals surface area contributed by atoms with Crippen molar-refractivity contribution in [1.82, 2.24) is 0 Å². The average molecular weight is 565 g/mol. The van der Waals surface area contributed by atoms with Crippen molar-refractivity contribution < 1.29 is 36.2 Å². The first-order chi connectivity index (χ1) is 19.2. The highest BCUT2D eigenvalue weighted by atomic mass is 19.4. The van der Waals surface area contributed by atoms with Gasteiger partial charge in [0.2, 0.25) is 0 Å². The molecule has 0 aromatic heterocycles. The molecule has 1 aliphatic heterocycles. The fourth-order valence-electron chi connectivity index (χ4n) is 5.16. The second-order valence-corrected chi connectivity index (χ2v) is 10.6. The van der Waals surface area contributed by atoms with Gasteiger partial charge in [-0.05, 0) is 59.9 Å². The Hall–Kier alpha value is -2.71. The molecule has 0 unspecified atom stereocenters. The van der Waals surface area contributed by atoms with E-state index in [1.54, 1.807) is 12.1 Å². The molecule has 3 aromatic rings. The van der Waals surface area contributed by atoms with Crippen LogP contribution in [0.1, 0.15) is 68.6 Å². The third-order valence-electron chi connectivity index (χ3n) is 7.42. The third-order valence-corrected chi connectivity index (χ3v) is 7.42. The fraction of sp³-hybridized carbons (Fsp3) is 0.500. The number of ether oxygens (including phenoxy) is 3. The zero-order valence-corrected chi connectivity index (χ0v) is 22.9. The number of aryl methyl sites for hydroxylation is 3. The first kappa shape index (κ1) is 30.3. The van der Waals surface area contributed by atoms with Gasteiger partial charge in [0.1, 0.15) is 5.82 Å². The van der Waals surface area contributed by atoms with E-state index in [2.05, 4.69) is 11.7 Å². The van der Waals surface area contributed by atoms with Gasteiger partial charge >= 0.3 is 6.36 Å². The molecule has 3 aromatic carbocycles. The number of unbranched alkanes of at least 4 members (excludes halogenated alkanes) is 4. The molecule has 0 radical (unpaired) electrons. The molecule has 0 saturated carbocycles. The van der Waals surface area contributed by atoms with Crippen LogP contribution in [-0.2, 0) is 28.7 Å². The Labute approximate surface area is 232 Å². The SMILES string of the molecule is CCCCCCCC1COC(CCc2ccc3c(F)c(CCc4ccc(OC(F)(F)F)c(F)c4)ccc3c2)OC1. The summed E-state index contributed by atoms with van der Waals surface area (Å²) in [6.45, 7) is 3.70. The van der Waals surface area contributed by atoms with Gasteiger partial charge in [0, 0.05) is 17.7 Å². The first-order valence-corrected chi connectivity index (χ1v) is 14.2. The largest absolute Gasteiger partial charge is 0.573 e. The maximum atomic E-state index is 15.2. The molecule has 40 heavy (non-hydrogen) atoms. The van der Waals surface area contributed by atoms with Gasteiger partial charge in [-0.25, -0.2) is 8.78 Å². The lowest BCUT2D eigenvalue weighted by atomic mass is 9.98. The predicted octanol–water partition coefficient (Wildman–Crippen LogP) is 9.08. The van der Waals surface area contributed by atoms with E-state index in [4.69, 9.17) is 9.47 Å². The highest BCUT2D eigenvalue weighted by Gasteiger charge is 2.32. The van der Waals surface area contributed by atoms with Crippen LogP contribution in [-0.4, -0.2) is 25.9 Å². The number of halogens is 5. The zero-order chi connectivity index (χ0) is 28.5. The summed E-state index contributed by atoms with van der Waals surface area (Å²) < 4.78 is 81.8. The maximum absolute atomic E-state index is 15.2. The van der Waals surface area contributed by atoms with Gasteiger partial charge in [0.05, 0.1) is 13.2 Å².